The first-order valence-electron chi connectivity index (χ1n) is 12.8. The Morgan fingerprint density at radius 2 is 1.68 bits per heavy atom. The first-order chi connectivity index (χ1) is 17.9. The lowest BCUT2D eigenvalue weighted by atomic mass is 9.87. The van der Waals surface area contributed by atoms with Gasteiger partial charge in [-0.1, -0.05) is 52.0 Å². The minimum atomic E-state index is -3.61. The molecule has 0 unspecified atom stereocenters. The van der Waals surface area contributed by atoms with Crippen molar-refractivity contribution in [2.45, 2.75) is 64.7 Å². The zero-order valence-electron chi connectivity index (χ0n) is 22.8. The van der Waals surface area contributed by atoms with Crippen LogP contribution in [-0.2, 0) is 15.4 Å². The molecule has 0 aliphatic carbocycles. The van der Waals surface area contributed by atoms with E-state index in [1.807, 2.05) is 26.8 Å². The molecule has 4 aromatic rings. The van der Waals surface area contributed by atoms with Crippen LogP contribution in [0.5, 0.6) is 0 Å². The number of amides is 1. The maximum absolute atomic E-state index is 13.1. The van der Waals surface area contributed by atoms with E-state index in [0.717, 1.165) is 28.8 Å². The highest BCUT2D eigenvalue weighted by atomic mass is 32.2. The number of nitrogens with one attached hydrogen (secondary N) is 1. The highest BCUT2D eigenvalue weighted by Crippen LogP contribution is 2.32. The summed E-state index contributed by atoms with van der Waals surface area (Å²) in [4.78, 5) is 18.0. The second-order valence-electron chi connectivity index (χ2n) is 10.4. The Morgan fingerprint density at radius 3 is 2.29 bits per heavy atom. The van der Waals surface area contributed by atoms with Gasteiger partial charge in [0.05, 0.1) is 20.8 Å². The van der Waals surface area contributed by atoms with E-state index in [9.17, 15) is 13.2 Å². The summed E-state index contributed by atoms with van der Waals surface area (Å²) in [5, 5.41) is 8.13. The molecule has 4 rings (SSSR count). The van der Waals surface area contributed by atoms with Crippen molar-refractivity contribution in [1.29, 1.82) is 0 Å². The minimum absolute atomic E-state index is 0.0267. The fourth-order valence-electron chi connectivity index (χ4n) is 4.17. The van der Waals surface area contributed by atoms with E-state index in [-0.39, 0.29) is 16.2 Å². The molecule has 10 heteroatoms. The number of fused-ring (bicyclic) bond motifs is 1. The molecule has 1 amide bonds. The zero-order chi connectivity index (χ0) is 27.7. The topological polar surface area (TPSA) is 97.2 Å². The number of carbonyl (C=O) groups excluding carboxylic acids is 1. The van der Waals surface area contributed by atoms with Crippen LogP contribution in [0.3, 0.4) is 0 Å². The first-order valence-corrected chi connectivity index (χ1v) is 15.1. The Hall–Kier alpha value is -3.08. The van der Waals surface area contributed by atoms with Gasteiger partial charge in [0.2, 0.25) is 15.2 Å². The molecular weight excluding hydrogens is 518 g/mol. The second-order valence-corrected chi connectivity index (χ2v) is 13.3. The lowest BCUT2D eigenvalue weighted by Crippen LogP contribution is -2.32. The molecule has 0 atom stereocenters. The van der Waals surface area contributed by atoms with Gasteiger partial charge in [-0.25, -0.2) is 13.4 Å². The molecule has 0 aliphatic heterocycles. The maximum atomic E-state index is 13.1. The number of anilines is 1. The van der Waals surface area contributed by atoms with Crippen LogP contribution >= 0.6 is 11.3 Å². The largest absolute Gasteiger partial charge is 0.306 e. The summed E-state index contributed by atoms with van der Waals surface area (Å²) < 4.78 is 30.3. The summed E-state index contributed by atoms with van der Waals surface area (Å²) in [6, 6.07) is 14.1. The van der Waals surface area contributed by atoms with E-state index < -0.39 is 10.0 Å². The van der Waals surface area contributed by atoms with Gasteiger partial charge in [0, 0.05) is 24.7 Å². The molecular formula is C28H35N5O3S2. The monoisotopic (exact) mass is 553 g/mol. The van der Waals surface area contributed by atoms with Crippen LogP contribution in [0.25, 0.3) is 15.3 Å². The third-order valence-electron chi connectivity index (χ3n) is 6.20. The lowest BCUT2D eigenvalue weighted by Gasteiger charge is -2.21. The molecule has 1 N–H and O–H groups in total. The molecule has 202 valence electrons. The molecule has 0 saturated carbocycles. The molecule has 2 aromatic heterocycles. The molecule has 8 nitrogen and oxygen atoms in total. The number of aryl methyl sites for hydroxylation is 1. The van der Waals surface area contributed by atoms with Gasteiger partial charge in [0.1, 0.15) is 5.82 Å². The van der Waals surface area contributed by atoms with E-state index in [2.05, 4.69) is 43.3 Å². The standard InChI is InChI=1S/C28H35N5O3S2/c1-7-15-32(16-8-2)38(35,36)22-12-9-20(10-13-22)26(34)30-25-17-19(3)31-33(25)27-29-23-14-11-21(28(4,5)6)18-24(23)37-27/h9-14,17-18H,7-8,15-16H2,1-6H3,(H,30,34). The van der Waals surface area contributed by atoms with Gasteiger partial charge >= 0.3 is 0 Å². The number of rotatable bonds is 9. The SMILES string of the molecule is CCCN(CCC)S(=O)(=O)c1ccc(C(=O)Nc2cc(C)nn2-c2nc3ccc(C(C)(C)C)cc3s2)cc1. The van der Waals surface area contributed by atoms with Gasteiger partial charge in [-0.2, -0.15) is 14.1 Å². The van der Waals surface area contributed by atoms with Crippen molar-refractivity contribution in [1.82, 2.24) is 19.1 Å². The molecule has 0 radical (unpaired) electrons. The first kappa shape index (κ1) is 27.9. The average molecular weight is 554 g/mol. The summed E-state index contributed by atoms with van der Waals surface area (Å²) in [5.41, 5.74) is 3.22. The van der Waals surface area contributed by atoms with Gasteiger partial charge in [-0.3, -0.25) is 4.79 Å². The van der Waals surface area contributed by atoms with E-state index >= 15 is 0 Å². The van der Waals surface area contributed by atoms with Crippen LogP contribution in [0.2, 0.25) is 0 Å². The zero-order valence-corrected chi connectivity index (χ0v) is 24.4. The Kier molecular flexibility index (Phi) is 8.06. The van der Waals surface area contributed by atoms with Gasteiger partial charge in [-0.15, -0.1) is 0 Å². The smallest absolute Gasteiger partial charge is 0.256 e. The van der Waals surface area contributed by atoms with Gasteiger partial charge in [0.25, 0.3) is 5.91 Å². The highest BCUT2D eigenvalue weighted by molar-refractivity contribution is 7.89. The minimum Gasteiger partial charge on any atom is -0.306 e. The van der Waals surface area contributed by atoms with E-state index in [0.29, 0.717) is 29.6 Å². The third-order valence-corrected chi connectivity index (χ3v) is 9.10. The Balaban J connectivity index is 1.58. The second kappa shape index (κ2) is 11.0. The van der Waals surface area contributed by atoms with E-state index in [1.54, 1.807) is 10.7 Å². The predicted octanol–water partition coefficient (Wildman–Crippen LogP) is 6.15. The summed E-state index contributed by atoms with van der Waals surface area (Å²) in [7, 11) is -3.61. The maximum Gasteiger partial charge on any atom is 0.256 e. The number of sulfonamides is 1. The van der Waals surface area contributed by atoms with Crippen molar-refractivity contribution in [2.75, 3.05) is 18.4 Å². The number of benzene rings is 2. The Morgan fingerprint density at radius 1 is 1.03 bits per heavy atom. The van der Waals surface area contributed by atoms with Gasteiger partial charge < -0.3 is 5.32 Å². The van der Waals surface area contributed by atoms with E-state index in [4.69, 9.17) is 4.98 Å². The fourth-order valence-corrected chi connectivity index (χ4v) is 6.77. The highest BCUT2D eigenvalue weighted by Gasteiger charge is 2.24. The number of aromatic nitrogens is 3. The number of carbonyl (C=O) groups is 1. The predicted molar refractivity (Wildman–Crippen MR) is 154 cm³/mol. The quantitative estimate of drug-likeness (QED) is 0.268. The Labute approximate surface area is 228 Å². The molecule has 0 bridgehead atoms. The number of hydrogen-bond acceptors (Lipinski definition) is 6. The summed E-state index contributed by atoms with van der Waals surface area (Å²) in [5.74, 6) is 0.140. The normalized spacial score (nSPS) is 12.4. The molecule has 2 heterocycles. The van der Waals surface area contributed by atoms with Crippen LogP contribution in [-0.4, -0.2) is 46.5 Å². The number of thiazole rings is 1. The number of nitrogens with zero attached hydrogens (tertiary/aromatic N) is 4. The number of hydrogen-bond donors (Lipinski definition) is 1. The van der Waals surface area contributed by atoms with Crippen LogP contribution in [0, 0.1) is 6.92 Å². The molecule has 0 aliphatic rings. The van der Waals surface area contributed by atoms with Crippen LogP contribution in [0.15, 0.2) is 53.4 Å². The summed E-state index contributed by atoms with van der Waals surface area (Å²) >= 11 is 1.51. The fraction of sp³-hybridized carbons (Fsp3) is 0.393. The molecule has 0 fully saturated rings. The van der Waals surface area contributed by atoms with Gasteiger partial charge in [0.15, 0.2) is 0 Å². The summed E-state index contributed by atoms with van der Waals surface area (Å²) in [6.45, 7) is 13.2. The van der Waals surface area contributed by atoms with Crippen molar-refractivity contribution in [3.05, 3.63) is 65.4 Å². The average Bonchev–Trinajstić information content (AvgIpc) is 3.45. The van der Waals surface area contributed by atoms with Crippen LogP contribution < -0.4 is 5.32 Å². The molecule has 2 aromatic carbocycles. The van der Waals surface area contributed by atoms with Gasteiger partial charge in [-0.05, 0) is 67.1 Å². The molecule has 0 spiro atoms. The van der Waals surface area contributed by atoms with Crippen molar-refractivity contribution in [3.63, 3.8) is 0 Å². The summed E-state index contributed by atoms with van der Waals surface area (Å²) in [6.07, 6.45) is 1.47. The van der Waals surface area contributed by atoms with Crippen LogP contribution in [0.1, 0.15) is 69.1 Å². The van der Waals surface area contributed by atoms with Crippen molar-refractivity contribution in [2.24, 2.45) is 0 Å². The third kappa shape index (κ3) is 5.82. The van der Waals surface area contributed by atoms with Crippen molar-refractivity contribution >= 4 is 43.3 Å². The molecule has 38 heavy (non-hydrogen) atoms. The van der Waals surface area contributed by atoms with Crippen LogP contribution in [0.4, 0.5) is 5.82 Å². The lowest BCUT2D eigenvalue weighted by molar-refractivity contribution is 0.102. The Bertz CT molecular complexity index is 1540. The van der Waals surface area contributed by atoms with E-state index in [1.165, 1.54) is 45.5 Å². The van der Waals surface area contributed by atoms with Crippen molar-refractivity contribution in [3.8, 4) is 5.13 Å². The molecule has 0 saturated heterocycles. The van der Waals surface area contributed by atoms with Crippen molar-refractivity contribution < 1.29 is 13.2 Å².